The lowest BCUT2D eigenvalue weighted by Crippen LogP contribution is -2.61. The van der Waals surface area contributed by atoms with Crippen LogP contribution in [0.2, 0.25) is 0 Å². The van der Waals surface area contributed by atoms with Crippen molar-refractivity contribution in [1.29, 1.82) is 0 Å². The van der Waals surface area contributed by atoms with Crippen molar-refractivity contribution in [2.45, 2.75) is 136 Å². The number of piperidine rings is 1. The molecule has 2 N–H and O–H groups in total. The molecule has 2 heterocycles. The van der Waals surface area contributed by atoms with E-state index in [2.05, 4.69) is 6.92 Å². The minimum Gasteiger partial charge on any atom is -0.460 e. The molecule has 1 amide bonds. The van der Waals surface area contributed by atoms with E-state index in [0.717, 1.165) is 25.7 Å². The third-order valence-electron chi connectivity index (χ3n) is 9.53. The quantitative estimate of drug-likeness (QED) is 0.301. The number of amides is 1. The smallest absolute Gasteiger partial charge is 0.329 e. The van der Waals surface area contributed by atoms with Crippen LogP contribution in [0.15, 0.2) is 0 Å². The molecule has 0 aromatic carbocycles. The Balaban J connectivity index is 1.70. The highest BCUT2D eigenvalue weighted by Gasteiger charge is 2.53. The third kappa shape index (κ3) is 7.44. The van der Waals surface area contributed by atoms with E-state index >= 15 is 0 Å². The van der Waals surface area contributed by atoms with Crippen molar-refractivity contribution in [3.63, 3.8) is 0 Å². The number of hydrogen-bond donors (Lipinski definition) is 2. The number of rotatable bonds is 10. The first-order chi connectivity index (χ1) is 18.8. The second-order valence-electron chi connectivity index (χ2n) is 13.3. The van der Waals surface area contributed by atoms with Crippen molar-refractivity contribution < 1.29 is 38.8 Å². The second-order valence-corrected chi connectivity index (χ2v) is 13.3. The summed E-state index contributed by atoms with van der Waals surface area (Å²) in [7, 11) is 1.63. The monoisotopic (exact) mass is 567 g/mol. The summed E-state index contributed by atoms with van der Waals surface area (Å²) in [5, 5.41) is 21.5. The van der Waals surface area contributed by atoms with Gasteiger partial charge in [-0.1, -0.05) is 41.5 Å². The number of carbonyl (C=O) groups excluding carboxylic acids is 3. The maximum atomic E-state index is 13.6. The number of likely N-dealkylation sites (tertiary alicyclic amines) is 1. The lowest BCUT2D eigenvalue weighted by molar-refractivity contribution is -0.269. The second kappa shape index (κ2) is 14.1. The lowest BCUT2D eigenvalue weighted by atomic mass is 9.78. The van der Waals surface area contributed by atoms with Crippen LogP contribution in [0, 0.1) is 29.6 Å². The normalized spacial score (nSPS) is 34.9. The van der Waals surface area contributed by atoms with Gasteiger partial charge in [-0.3, -0.25) is 9.59 Å². The Labute approximate surface area is 240 Å². The standard InChI is InChI=1S/C31H53NO8/c1-18(2)25-14-11-21(6)31(37,40-25)28(34)29(35)32-15-9-8-10-23(32)30(36)39-27(19(3)4)20(5)16-22-12-13-24(33)26(17-22)38-7/h18-27,33,37H,8-17H2,1-7H3. The van der Waals surface area contributed by atoms with Gasteiger partial charge in [0, 0.05) is 19.6 Å². The fourth-order valence-electron chi connectivity index (χ4n) is 6.91. The van der Waals surface area contributed by atoms with Crippen LogP contribution in [-0.2, 0) is 28.6 Å². The minimum absolute atomic E-state index is 0.0610. The zero-order valence-electron chi connectivity index (χ0n) is 25.6. The Morgan fingerprint density at radius 3 is 2.35 bits per heavy atom. The molecule has 2 saturated heterocycles. The van der Waals surface area contributed by atoms with E-state index in [-0.39, 0.29) is 42.6 Å². The molecule has 0 aromatic heterocycles. The Morgan fingerprint density at radius 1 is 1.02 bits per heavy atom. The van der Waals surface area contributed by atoms with Crippen LogP contribution in [-0.4, -0.2) is 82.7 Å². The van der Waals surface area contributed by atoms with Crippen molar-refractivity contribution in [2.75, 3.05) is 13.7 Å². The number of methoxy groups -OCH3 is 1. The number of aliphatic hydroxyl groups excluding tert-OH is 1. The molecule has 1 saturated carbocycles. The van der Waals surface area contributed by atoms with Gasteiger partial charge in [0.2, 0.25) is 5.79 Å². The van der Waals surface area contributed by atoms with Gasteiger partial charge in [-0.25, -0.2) is 4.79 Å². The predicted octanol–water partition coefficient (Wildman–Crippen LogP) is 3.87. The van der Waals surface area contributed by atoms with E-state index in [4.69, 9.17) is 14.2 Å². The molecule has 2 aliphatic heterocycles. The topological polar surface area (TPSA) is 123 Å². The average molecular weight is 568 g/mol. The highest BCUT2D eigenvalue weighted by molar-refractivity contribution is 6.39. The molecular formula is C31H53NO8. The Morgan fingerprint density at radius 2 is 1.73 bits per heavy atom. The van der Waals surface area contributed by atoms with Crippen molar-refractivity contribution in [1.82, 2.24) is 4.90 Å². The summed E-state index contributed by atoms with van der Waals surface area (Å²) >= 11 is 0. The van der Waals surface area contributed by atoms with Crippen molar-refractivity contribution in [3.8, 4) is 0 Å². The van der Waals surface area contributed by atoms with Crippen LogP contribution in [0.4, 0.5) is 0 Å². The number of nitrogens with zero attached hydrogens (tertiary/aromatic N) is 1. The predicted molar refractivity (Wildman–Crippen MR) is 150 cm³/mol. The summed E-state index contributed by atoms with van der Waals surface area (Å²) in [6.45, 7) is 12.0. The minimum atomic E-state index is -2.20. The summed E-state index contributed by atoms with van der Waals surface area (Å²) in [4.78, 5) is 41.9. The van der Waals surface area contributed by atoms with E-state index in [9.17, 15) is 24.6 Å². The highest BCUT2D eigenvalue weighted by Crippen LogP contribution is 2.37. The van der Waals surface area contributed by atoms with Gasteiger partial charge in [-0.15, -0.1) is 0 Å². The average Bonchev–Trinajstić information content (AvgIpc) is 2.92. The van der Waals surface area contributed by atoms with Crippen molar-refractivity contribution in [2.24, 2.45) is 29.6 Å². The van der Waals surface area contributed by atoms with Gasteiger partial charge in [-0.2, -0.15) is 0 Å². The molecule has 1 aliphatic carbocycles. The SMILES string of the molecule is COC1CC(CC(C)C(OC(=O)C2CCCCN2C(=O)C(=O)C2(O)OC(C(C)C)CCC2C)C(C)C)CCC1O. The number of hydrogen-bond acceptors (Lipinski definition) is 8. The van der Waals surface area contributed by atoms with Crippen LogP contribution >= 0.6 is 0 Å². The lowest BCUT2D eigenvalue weighted by Gasteiger charge is -2.43. The van der Waals surface area contributed by atoms with Gasteiger partial charge >= 0.3 is 5.97 Å². The molecule has 0 spiro atoms. The maximum Gasteiger partial charge on any atom is 0.329 e. The molecule has 9 heteroatoms. The first kappa shape index (κ1) is 33.0. The summed E-state index contributed by atoms with van der Waals surface area (Å²) in [6, 6.07) is -0.871. The number of carbonyl (C=O) groups is 3. The van der Waals surface area contributed by atoms with Gasteiger partial charge in [-0.05, 0) is 81.5 Å². The molecule has 9 unspecified atom stereocenters. The summed E-state index contributed by atoms with van der Waals surface area (Å²) < 4.78 is 17.4. The van der Waals surface area contributed by atoms with Crippen LogP contribution in [0.5, 0.6) is 0 Å². The number of ketones is 1. The molecule has 9 nitrogen and oxygen atoms in total. The number of aliphatic hydroxyl groups is 2. The zero-order chi connectivity index (χ0) is 29.8. The number of ether oxygens (including phenoxy) is 3. The molecule has 3 aliphatic rings. The Kier molecular flexibility index (Phi) is 11.6. The first-order valence-corrected chi connectivity index (χ1v) is 15.5. The molecule has 0 radical (unpaired) electrons. The molecule has 40 heavy (non-hydrogen) atoms. The Hall–Kier alpha value is -1.55. The summed E-state index contributed by atoms with van der Waals surface area (Å²) in [5.74, 6) is -4.50. The molecule has 3 fully saturated rings. The van der Waals surface area contributed by atoms with Gasteiger partial charge < -0.3 is 29.3 Å². The summed E-state index contributed by atoms with van der Waals surface area (Å²) in [5.41, 5.74) is 0. The van der Waals surface area contributed by atoms with Crippen LogP contribution < -0.4 is 0 Å². The van der Waals surface area contributed by atoms with E-state index in [1.54, 1.807) is 14.0 Å². The summed E-state index contributed by atoms with van der Waals surface area (Å²) in [6.07, 6.45) is 5.04. The van der Waals surface area contributed by atoms with Crippen LogP contribution in [0.3, 0.4) is 0 Å². The molecule has 3 rings (SSSR count). The Bertz CT molecular complexity index is 877. The molecule has 0 aromatic rings. The third-order valence-corrected chi connectivity index (χ3v) is 9.53. The fraction of sp³-hybridized carbons (Fsp3) is 0.903. The molecule has 9 atom stereocenters. The van der Waals surface area contributed by atoms with Crippen LogP contribution in [0.1, 0.15) is 99.3 Å². The van der Waals surface area contributed by atoms with Gasteiger partial charge in [0.15, 0.2) is 0 Å². The van der Waals surface area contributed by atoms with E-state index in [0.29, 0.717) is 38.0 Å². The first-order valence-electron chi connectivity index (χ1n) is 15.5. The van der Waals surface area contributed by atoms with Gasteiger partial charge in [0.05, 0.1) is 18.3 Å². The zero-order valence-corrected chi connectivity index (χ0v) is 25.6. The van der Waals surface area contributed by atoms with E-state index in [1.165, 1.54) is 4.90 Å². The van der Waals surface area contributed by atoms with Gasteiger partial charge in [0.25, 0.3) is 11.7 Å². The van der Waals surface area contributed by atoms with Crippen molar-refractivity contribution >= 4 is 17.7 Å². The van der Waals surface area contributed by atoms with E-state index in [1.807, 2.05) is 27.7 Å². The number of Topliss-reactive ketones (excluding diaryl/α,β-unsaturated/α-hetero) is 1. The fourth-order valence-corrected chi connectivity index (χ4v) is 6.91. The molecule has 0 bridgehead atoms. The molecule has 230 valence electrons. The number of esters is 1. The largest absolute Gasteiger partial charge is 0.460 e. The maximum absolute atomic E-state index is 13.6. The molecular weight excluding hydrogens is 514 g/mol. The van der Waals surface area contributed by atoms with Crippen molar-refractivity contribution in [3.05, 3.63) is 0 Å². The van der Waals surface area contributed by atoms with Gasteiger partial charge in [0.1, 0.15) is 12.1 Å². The van der Waals surface area contributed by atoms with E-state index < -0.39 is 41.5 Å². The van der Waals surface area contributed by atoms with Crippen LogP contribution in [0.25, 0.3) is 0 Å². The highest BCUT2D eigenvalue weighted by atomic mass is 16.6.